The number of hydrogen-bond donors (Lipinski definition) is 1. The van der Waals surface area contributed by atoms with Crippen LogP contribution >= 0.6 is 0 Å². The maximum Gasteiger partial charge on any atom is 0.0946 e. The van der Waals surface area contributed by atoms with Crippen LogP contribution in [0.3, 0.4) is 0 Å². The molecule has 2 N–H and O–H groups in total. The molecule has 0 amide bonds. The van der Waals surface area contributed by atoms with Gasteiger partial charge in [0.05, 0.1) is 12.5 Å². The summed E-state index contributed by atoms with van der Waals surface area (Å²) in [5, 5.41) is 0. The van der Waals surface area contributed by atoms with Crippen LogP contribution in [-0.4, -0.2) is 23.6 Å². The Balaban J connectivity index is 0. The first kappa shape index (κ1) is 19.6. The highest BCUT2D eigenvalue weighted by Gasteiger charge is 1.91. The molecule has 0 atom stereocenters. The van der Waals surface area contributed by atoms with Crippen LogP contribution < -0.4 is 5.73 Å². The van der Waals surface area contributed by atoms with Crippen LogP contribution in [0.2, 0.25) is 0 Å². The van der Waals surface area contributed by atoms with Crippen LogP contribution in [0.4, 0.5) is 0 Å². The second-order valence-electron chi connectivity index (χ2n) is 4.71. The third-order valence-electron chi connectivity index (χ3n) is 2.56. The number of unbranched alkanes of at least 4 members (excludes halogenated alkanes) is 9. The van der Waals surface area contributed by atoms with Gasteiger partial charge >= 0.3 is 0 Å². The number of hydrogen-bond acceptors (Lipinski definition) is 2. The summed E-state index contributed by atoms with van der Waals surface area (Å²) in [6, 6.07) is 0. The summed E-state index contributed by atoms with van der Waals surface area (Å²) in [5.41, 5.74) is 5.42. The molecular formula is C14H33NOS. The Morgan fingerprint density at radius 1 is 0.765 bits per heavy atom. The molecule has 0 aliphatic carbocycles. The second kappa shape index (κ2) is 18.6. The topological polar surface area (TPSA) is 49.1 Å². The zero-order chi connectivity index (χ0) is 13.4. The van der Waals surface area contributed by atoms with Gasteiger partial charge in [-0.25, -0.2) is 0 Å². The highest BCUT2D eigenvalue weighted by molar-refractivity contribution is 7.89. The Hall–Kier alpha value is 0.270. The average Bonchev–Trinajstić information content (AvgIpc) is 2.26. The van der Waals surface area contributed by atoms with Gasteiger partial charge in [0, 0.05) is 0 Å². The van der Waals surface area contributed by atoms with Crippen molar-refractivity contribution in [3.05, 3.63) is 0 Å². The minimum atomic E-state index is -0.611. The fourth-order valence-corrected chi connectivity index (χ4v) is 1.63. The van der Waals surface area contributed by atoms with Crippen molar-refractivity contribution in [1.29, 1.82) is 0 Å². The normalized spacial score (nSPS) is 10.2. The van der Waals surface area contributed by atoms with Gasteiger partial charge < -0.3 is 10.3 Å². The summed E-state index contributed by atoms with van der Waals surface area (Å²) in [4.78, 5) is 0. The van der Waals surface area contributed by atoms with Crippen molar-refractivity contribution in [3.8, 4) is 0 Å². The Morgan fingerprint density at radius 3 is 1.35 bits per heavy atom. The molecule has 0 radical (unpaired) electrons. The third-order valence-corrected chi connectivity index (χ3v) is 2.56. The monoisotopic (exact) mass is 263 g/mol. The smallest absolute Gasteiger partial charge is 0.0946 e. The maximum atomic E-state index is 9.56. The number of nitrogens with two attached hydrogens (primary N) is 1. The van der Waals surface area contributed by atoms with Gasteiger partial charge in [-0.1, -0.05) is 75.9 Å². The van der Waals surface area contributed by atoms with E-state index in [4.69, 9.17) is 5.73 Å². The van der Waals surface area contributed by atoms with E-state index < -0.39 is 11.2 Å². The largest absolute Gasteiger partial charge is 0.617 e. The van der Waals surface area contributed by atoms with E-state index in [0.717, 1.165) is 6.54 Å². The van der Waals surface area contributed by atoms with Crippen LogP contribution in [0.5, 0.6) is 0 Å². The molecule has 0 aromatic carbocycles. The first-order chi connectivity index (χ1) is 8.15. The highest BCUT2D eigenvalue weighted by atomic mass is 32.2. The summed E-state index contributed by atoms with van der Waals surface area (Å²) in [6.07, 6.45) is 17.2. The second-order valence-corrected chi connectivity index (χ2v) is 6.20. The van der Waals surface area contributed by atoms with Crippen molar-refractivity contribution in [1.82, 2.24) is 0 Å². The number of rotatable bonds is 10. The van der Waals surface area contributed by atoms with E-state index in [1.165, 1.54) is 64.2 Å². The molecule has 0 aromatic rings. The van der Waals surface area contributed by atoms with Crippen molar-refractivity contribution < 1.29 is 4.55 Å². The zero-order valence-electron chi connectivity index (χ0n) is 12.2. The molecule has 0 spiro atoms. The van der Waals surface area contributed by atoms with Crippen molar-refractivity contribution in [2.75, 3.05) is 19.1 Å². The van der Waals surface area contributed by atoms with Crippen LogP contribution in [0.1, 0.15) is 71.1 Å². The molecule has 3 heteroatoms. The molecule has 0 aliphatic rings. The third kappa shape index (κ3) is 31.4. The van der Waals surface area contributed by atoms with E-state index in [1.54, 1.807) is 12.5 Å². The molecule has 0 aliphatic heterocycles. The molecule has 17 heavy (non-hydrogen) atoms. The predicted molar refractivity (Wildman–Crippen MR) is 80.9 cm³/mol. The quantitative estimate of drug-likeness (QED) is 0.480. The van der Waals surface area contributed by atoms with Crippen molar-refractivity contribution in [2.45, 2.75) is 71.1 Å². The molecule has 106 valence electrons. The standard InChI is InChI=1S/C12H27N.C2H6OS/c1-2-3-4-5-6-7-8-9-10-11-12-13;1-4(2)3/h2-13H2,1H3;1-2H3. The van der Waals surface area contributed by atoms with Crippen molar-refractivity contribution in [3.63, 3.8) is 0 Å². The van der Waals surface area contributed by atoms with Gasteiger partial charge in [-0.3, -0.25) is 0 Å². The SMILES string of the molecule is CCCCCCCCCCCCN.C[S+](C)[O-]. The molecule has 0 rings (SSSR count). The van der Waals surface area contributed by atoms with Gasteiger partial charge in [0.15, 0.2) is 0 Å². The molecule has 2 nitrogen and oxygen atoms in total. The van der Waals surface area contributed by atoms with Crippen LogP contribution in [-0.2, 0) is 11.2 Å². The van der Waals surface area contributed by atoms with Gasteiger partial charge in [0.2, 0.25) is 0 Å². The summed E-state index contributed by atoms with van der Waals surface area (Å²) in [6.45, 7) is 3.14. The van der Waals surface area contributed by atoms with E-state index in [1.807, 2.05) is 0 Å². The summed E-state index contributed by atoms with van der Waals surface area (Å²) in [7, 11) is 0. The summed E-state index contributed by atoms with van der Waals surface area (Å²) in [5.74, 6) is 0. The van der Waals surface area contributed by atoms with Gasteiger partial charge in [0.25, 0.3) is 0 Å². The molecule has 0 saturated heterocycles. The fourth-order valence-electron chi connectivity index (χ4n) is 1.63. The zero-order valence-corrected chi connectivity index (χ0v) is 13.0. The first-order valence-corrected chi connectivity index (χ1v) is 9.06. The lowest BCUT2D eigenvalue weighted by Crippen LogP contribution is -1.97. The van der Waals surface area contributed by atoms with Crippen molar-refractivity contribution in [2.24, 2.45) is 5.73 Å². The van der Waals surface area contributed by atoms with E-state index in [2.05, 4.69) is 6.92 Å². The molecule has 0 saturated carbocycles. The molecule has 0 heterocycles. The summed E-state index contributed by atoms with van der Waals surface area (Å²) < 4.78 is 9.56. The fraction of sp³-hybridized carbons (Fsp3) is 1.00. The predicted octanol–water partition coefficient (Wildman–Crippen LogP) is 3.86. The molecule has 0 fully saturated rings. The lowest BCUT2D eigenvalue weighted by Gasteiger charge is -2.00. The Kier molecular flexibility index (Phi) is 21.5. The molecule has 0 aromatic heterocycles. The van der Waals surface area contributed by atoms with Gasteiger partial charge in [-0.2, -0.15) is 0 Å². The maximum absolute atomic E-state index is 9.56. The van der Waals surface area contributed by atoms with Gasteiger partial charge in [-0.05, 0) is 13.0 Å². The summed E-state index contributed by atoms with van der Waals surface area (Å²) >= 11 is -0.611. The molecular weight excluding hydrogens is 230 g/mol. The Morgan fingerprint density at radius 2 is 1.06 bits per heavy atom. The van der Waals surface area contributed by atoms with Crippen LogP contribution in [0.25, 0.3) is 0 Å². The minimum absolute atomic E-state index is 0.611. The average molecular weight is 263 g/mol. The van der Waals surface area contributed by atoms with E-state index in [9.17, 15) is 4.55 Å². The van der Waals surface area contributed by atoms with E-state index >= 15 is 0 Å². The van der Waals surface area contributed by atoms with Gasteiger partial charge in [0.1, 0.15) is 0 Å². The Labute approximate surface area is 112 Å². The lowest BCUT2D eigenvalue weighted by atomic mass is 10.1. The Bertz CT molecular complexity index is 108. The molecule has 0 bridgehead atoms. The van der Waals surface area contributed by atoms with E-state index in [-0.39, 0.29) is 0 Å². The highest BCUT2D eigenvalue weighted by Crippen LogP contribution is 2.09. The van der Waals surface area contributed by atoms with Gasteiger partial charge in [-0.15, -0.1) is 0 Å². The van der Waals surface area contributed by atoms with Crippen LogP contribution in [0, 0.1) is 0 Å². The van der Waals surface area contributed by atoms with Crippen molar-refractivity contribution >= 4 is 11.2 Å². The lowest BCUT2D eigenvalue weighted by molar-refractivity contribution is 0.558. The minimum Gasteiger partial charge on any atom is -0.617 e. The molecule has 0 unspecified atom stereocenters. The first-order valence-electron chi connectivity index (χ1n) is 7.10. The van der Waals surface area contributed by atoms with Crippen LogP contribution in [0.15, 0.2) is 0 Å². The van der Waals surface area contributed by atoms with E-state index in [0.29, 0.717) is 0 Å².